The van der Waals surface area contributed by atoms with Crippen molar-refractivity contribution >= 4 is 50.7 Å². The minimum Gasteiger partial charge on any atom is -0.379 e. The van der Waals surface area contributed by atoms with Gasteiger partial charge in [0.1, 0.15) is 17.3 Å². The van der Waals surface area contributed by atoms with E-state index in [2.05, 4.69) is 25.5 Å². The van der Waals surface area contributed by atoms with Crippen LogP contribution in [0.5, 0.6) is 0 Å². The molecule has 0 aliphatic carbocycles. The Balaban J connectivity index is 1.25. The van der Waals surface area contributed by atoms with Crippen LogP contribution in [0.4, 0.5) is 34.6 Å². The quantitative estimate of drug-likeness (QED) is 0.0791. The van der Waals surface area contributed by atoms with Crippen LogP contribution in [-0.2, 0) is 4.74 Å². The summed E-state index contributed by atoms with van der Waals surface area (Å²) >= 11 is 0. The first-order valence-electron chi connectivity index (χ1n) is 15.2. The zero-order valence-corrected chi connectivity index (χ0v) is 25.4. The number of hydrogen-bond donors (Lipinski definition) is 3. The third kappa shape index (κ3) is 6.85. The second kappa shape index (κ2) is 14.2. The highest BCUT2D eigenvalue weighted by molar-refractivity contribution is 6.16. The van der Waals surface area contributed by atoms with Crippen molar-refractivity contribution in [1.29, 1.82) is 0 Å². The number of alkyl halides is 2. The van der Waals surface area contributed by atoms with Crippen molar-refractivity contribution in [3.8, 4) is 0 Å². The van der Waals surface area contributed by atoms with Crippen molar-refractivity contribution in [2.45, 2.75) is 13.0 Å². The van der Waals surface area contributed by atoms with E-state index < -0.39 is 35.2 Å². The molecule has 1 fully saturated rings. The summed E-state index contributed by atoms with van der Waals surface area (Å²) in [5.74, 6) is -3.93. The zero-order chi connectivity index (χ0) is 33.8. The zero-order valence-electron chi connectivity index (χ0n) is 25.4. The number of rotatable bonds is 10. The van der Waals surface area contributed by atoms with Gasteiger partial charge in [-0.1, -0.05) is 12.1 Å². The molecule has 0 radical (unpaired) electrons. The number of fused-ring (bicyclic) bond motifs is 3. The standard InChI is InChI=1S/C34H30F4N6O4/c35-20-5-10-23(26(36)19-20)33(47)44(34(37)38)22-8-6-21(7-9-22)41-27-11-13-39-30-29(27)24-3-1-4-25(28(24)32(46)42-30)31(45)40-12-2-14-43-15-17-48-18-16-43/h1,3-11,13,19,34H,2,12,14-18H2,(H,40,45)(H2,39,41,42,46). The highest BCUT2D eigenvalue weighted by atomic mass is 19.3. The minimum absolute atomic E-state index is 0.107. The number of nitrogens with one attached hydrogen (secondary N) is 3. The summed E-state index contributed by atoms with van der Waals surface area (Å²) in [5.41, 5.74) is -0.0339. The van der Waals surface area contributed by atoms with Crippen LogP contribution in [0.15, 0.2) is 77.7 Å². The normalized spacial score (nSPS) is 13.6. The molecule has 2 aromatic heterocycles. The number of halogens is 4. The lowest BCUT2D eigenvalue weighted by atomic mass is 10.0. The van der Waals surface area contributed by atoms with Crippen molar-refractivity contribution in [3.63, 3.8) is 0 Å². The van der Waals surface area contributed by atoms with Crippen molar-refractivity contribution in [2.75, 3.05) is 49.6 Å². The number of carbonyl (C=O) groups is 2. The largest absolute Gasteiger partial charge is 0.379 e. The van der Waals surface area contributed by atoms with Gasteiger partial charge in [-0.2, -0.15) is 8.78 Å². The number of hydrogen-bond acceptors (Lipinski definition) is 7. The molecule has 2 amide bonds. The van der Waals surface area contributed by atoms with E-state index in [1.165, 1.54) is 30.5 Å². The van der Waals surface area contributed by atoms with E-state index in [1.54, 1.807) is 24.3 Å². The fourth-order valence-corrected chi connectivity index (χ4v) is 5.69. The second-order valence-corrected chi connectivity index (χ2v) is 11.1. The molecule has 3 heterocycles. The SMILES string of the molecule is O=C(NCCCN1CCOCC1)c1cccc2c1c(=O)[nH]c1nccc(Nc3ccc(N(C(=O)c4ccc(F)cc4F)C(F)F)cc3)c12. The van der Waals surface area contributed by atoms with Crippen LogP contribution in [0, 0.1) is 11.6 Å². The summed E-state index contributed by atoms with van der Waals surface area (Å²) < 4.78 is 60.9. The van der Waals surface area contributed by atoms with Gasteiger partial charge in [0.25, 0.3) is 17.4 Å². The molecule has 6 rings (SSSR count). The van der Waals surface area contributed by atoms with Crippen LogP contribution in [0.3, 0.4) is 0 Å². The molecule has 48 heavy (non-hydrogen) atoms. The Morgan fingerprint density at radius 3 is 2.48 bits per heavy atom. The van der Waals surface area contributed by atoms with Gasteiger partial charge < -0.3 is 20.4 Å². The number of aromatic amines is 1. The average molecular weight is 663 g/mol. The van der Waals surface area contributed by atoms with E-state index in [0.717, 1.165) is 38.2 Å². The fraction of sp³-hybridized carbons (Fsp3) is 0.235. The van der Waals surface area contributed by atoms with E-state index in [9.17, 15) is 31.9 Å². The molecule has 0 atom stereocenters. The van der Waals surface area contributed by atoms with Crippen LogP contribution in [-0.4, -0.2) is 72.6 Å². The first kappa shape index (κ1) is 32.6. The predicted octanol–water partition coefficient (Wildman–Crippen LogP) is 5.42. The monoisotopic (exact) mass is 662 g/mol. The fourth-order valence-electron chi connectivity index (χ4n) is 5.69. The van der Waals surface area contributed by atoms with Gasteiger partial charge in [-0.3, -0.25) is 24.2 Å². The van der Waals surface area contributed by atoms with Gasteiger partial charge in [-0.15, -0.1) is 0 Å². The summed E-state index contributed by atoms with van der Waals surface area (Å²) in [6, 6.07) is 14.1. The van der Waals surface area contributed by atoms with Crippen LogP contribution in [0.2, 0.25) is 0 Å². The van der Waals surface area contributed by atoms with E-state index in [1.807, 2.05) is 0 Å². The molecule has 1 aliphatic rings. The van der Waals surface area contributed by atoms with Gasteiger partial charge in [-0.05, 0) is 61.5 Å². The minimum atomic E-state index is -3.32. The van der Waals surface area contributed by atoms with Crippen LogP contribution in [0.1, 0.15) is 27.1 Å². The molecule has 3 N–H and O–H groups in total. The Hall–Kier alpha value is -5.34. The van der Waals surface area contributed by atoms with Crippen LogP contribution >= 0.6 is 0 Å². The Morgan fingerprint density at radius 1 is 0.979 bits per heavy atom. The molecule has 1 aliphatic heterocycles. The predicted molar refractivity (Wildman–Crippen MR) is 173 cm³/mol. The Morgan fingerprint density at radius 2 is 1.75 bits per heavy atom. The molecule has 0 bridgehead atoms. The third-order valence-corrected chi connectivity index (χ3v) is 8.03. The first-order valence-corrected chi connectivity index (χ1v) is 15.2. The van der Waals surface area contributed by atoms with Crippen molar-refractivity contribution < 1.29 is 31.9 Å². The number of H-pyrrole nitrogens is 1. The van der Waals surface area contributed by atoms with Gasteiger partial charge in [0.05, 0.1) is 35.4 Å². The maximum absolute atomic E-state index is 14.2. The molecule has 14 heteroatoms. The molecule has 10 nitrogen and oxygen atoms in total. The number of nitrogens with zero attached hydrogens (tertiary/aromatic N) is 3. The molecular weight excluding hydrogens is 632 g/mol. The Labute approximate surface area is 271 Å². The number of carbonyl (C=O) groups excluding carboxylic acids is 2. The van der Waals surface area contributed by atoms with E-state index in [4.69, 9.17) is 4.74 Å². The number of aromatic nitrogens is 2. The van der Waals surface area contributed by atoms with E-state index >= 15 is 0 Å². The van der Waals surface area contributed by atoms with Gasteiger partial charge >= 0.3 is 6.55 Å². The maximum atomic E-state index is 14.2. The second-order valence-electron chi connectivity index (χ2n) is 11.1. The maximum Gasteiger partial charge on any atom is 0.321 e. The molecule has 5 aromatic rings. The molecule has 1 saturated heterocycles. The Kier molecular flexibility index (Phi) is 9.64. The summed E-state index contributed by atoms with van der Waals surface area (Å²) in [6.07, 6.45) is 2.21. The van der Waals surface area contributed by atoms with Crippen molar-refractivity contribution in [1.82, 2.24) is 20.2 Å². The molecule has 3 aromatic carbocycles. The molecule has 0 saturated carbocycles. The number of pyridine rings is 2. The summed E-state index contributed by atoms with van der Waals surface area (Å²) in [4.78, 5) is 48.7. The van der Waals surface area contributed by atoms with Crippen LogP contribution in [0.25, 0.3) is 21.8 Å². The highest BCUT2D eigenvalue weighted by Gasteiger charge is 2.28. The lowest BCUT2D eigenvalue weighted by Crippen LogP contribution is -2.38. The lowest BCUT2D eigenvalue weighted by Gasteiger charge is -2.26. The van der Waals surface area contributed by atoms with Gasteiger partial charge in [0, 0.05) is 54.0 Å². The van der Waals surface area contributed by atoms with E-state index in [0.29, 0.717) is 48.0 Å². The third-order valence-electron chi connectivity index (χ3n) is 8.03. The van der Waals surface area contributed by atoms with Crippen molar-refractivity contribution in [2.24, 2.45) is 0 Å². The van der Waals surface area contributed by atoms with Crippen LogP contribution < -0.4 is 21.1 Å². The van der Waals surface area contributed by atoms with Gasteiger partial charge in [-0.25, -0.2) is 13.8 Å². The number of morpholine rings is 1. The smallest absolute Gasteiger partial charge is 0.321 e. The number of benzene rings is 3. The number of ether oxygens (including phenoxy) is 1. The first-order chi connectivity index (χ1) is 23.2. The van der Waals surface area contributed by atoms with Gasteiger partial charge in [0.2, 0.25) is 0 Å². The molecular formula is C34H30F4N6O4. The topological polar surface area (TPSA) is 120 Å². The summed E-state index contributed by atoms with van der Waals surface area (Å²) in [5, 5.41) is 7.25. The number of anilines is 3. The molecule has 0 spiro atoms. The molecule has 0 unspecified atom stereocenters. The molecule has 248 valence electrons. The van der Waals surface area contributed by atoms with Crippen molar-refractivity contribution in [3.05, 3.63) is 106 Å². The average Bonchev–Trinajstić information content (AvgIpc) is 3.07. The summed E-state index contributed by atoms with van der Waals surface area (Å²) in [7, 11) is 0. The van der Waals surface area contributed by atoms with Gasteiger partial charge in [0.15, 0.2) is 0 Å². The van der Waals surface area contributed by atoms with E-state index in [-0.39, 0.29) is 33.1 Å². The Bertz CT molecular complexity index is 2030. The summed E-state index contributed by atoms with van der Waals surface area (Å²) in [6.45, 7) is 1.00. The number of amides is 2. The highest BCUT2D eigenvalue weighted by Crippen LogP contribution is 2.32. The lowest BCUT2D eigenvalue weighted by molar-refractivity contribution is 0.0374.